The van der Waals surface area contributed by atoms with Crippen molar-refractivity contribution in [1.82, 2.24) is 29.7 Å². The number of carbonyl (C=O) groups is 1. The third-order valence-corrected chi connectivity index (χ3v) is 4.29. The molecule has 8 nitrogen and oxygen atoms in total. The number of nitrogens with zero attached hydrogens (tertiary/aromatic N) is 5. The van der Waals surface area contributed by atoms with Crippen molar-refractivity contribution >= 4 is 11.4 Å². The van der Waals surface area contributed by atoms with Gasteiger partial charge < -0.3 is 5.32 Å². The minimum atomic E-state index is -0.367. The van der Waals surface area contributed by atoms with Crippen LogP contribution in [0.2, 0.25) is 0 Å². The van der Waals surface area contributed by atoms with Crippen LogP contribution in [0.3, 0.4) is 0 Å². The summed E-state index contributed by atoms with van der Waals surface area (Å²) in [5.74, 6) is 0.209. The van der Waals surface area contributed by atoms with E-state index in [1.807, 2.05) is 48.5 Å². The molecule has 1 aromatic carbocycles. The van der Waals surface area contributed by atoms with Gasteiger partial charge in [-0.3, -0.25) is 14.6 Å². The van der Waals surface area contributed by atoms with E-state index in [4.69, 9.17) is 0 Å². The third-order valence-electron chi connectivity index (χ3n) is 4.29. The van der Waals surface area contributed by atoms with Crippen molar-refractivity contribution in [3.63, 3.8) is 0 Å². The first-order valence-electron chi connectivity index (χ1n) is 8.81. The highest BCUT2D eigenvalue weighted by Gasteiger charge is 2.14. The van der Waals surface area contributed by atoms with Gasteiger partial charge in [0.15, 0.2) is 0 Å². The molecule has 0 atom stereocenters. The van der Waals surface area contributed by atoms with E-state index in [1.54, 1.807) is 19.2 Å². The van der Waals surface area contributed by atoms with Gasteiger partial charge >= 0.3 is 0 Å². The lowest BCUT2D eigenvalue weighted by molar-refractivity contribution is -0.122. The van der Waals surface area contributed by atoms with E-state index in [2.05, 4.69) is 20.5 Å². The number of nitrogens with one attached hydrogen (secondary N) is 1. The van der Waals surface area contributed by atoms with Crippen molar-refractivity contribution in [1.29, 1.82) is 0 Å². The average Bonchev–Trinajstić information content (AvgIpc) is 3.18. The molecule has 0 aliphatic heterocycles. The Kier molecular flexibility index (Phi) is 4.67. The van der Waals surface area contributed by atoms with Gasteiger partial charge in [0.1, 0.15) is 17.9 Å². The number of aryl methyl sites for hydroxylation is 1. The number of amides is 1. The molecule has 0 aliphatic rings. The van der Waals surface area contributed by atoms with E-state index < -0.39 is 0 Å². The fourth-order valence-electron chi connectivity index (χ4n) is 2.92. The first kappa shape index (κ1) is 17.6. The Morgan fingerprint density at radius 2 is 1.86 bits per heavy atom. The number of fused-ring (bicyclic) bond motifs is 1. The molecule has 3 heterocycles. The van der Waals surface area contributed by atoms with Gasteiger partial charge in [-0.05, 0) is 25.1 Å². The van der Waals surface area contributed by atoms with Crippen molar-refractivity contribution in [2.75, 3.05) is 0 Å². The molecule has 0 aliphatic carbocycles. The zero-order chi connectivity index (χ0) is 19.5. The molecule has 0 spiro atoms. The molecule has 140 valence electrons. The van der Waals surface area contributed by atoms with E-state index in [0.29, 0.717) is 23.6 Å². The van der Waals surface area contributed by atoms with Gasteiger partial charge in [0.2, 0.25) is 5.91 Å². The number of pyridine rings is 1. The Bertz CT molecular complexity index is 1180. The Balaban J connectivity index is 1.58. The second-order valence-corrected chi connectivity index (χ2v) is 6.30. The Morgan fingerprint density at radius 1 is 1.07 bits per heavy atom. The largest absolute Gasteiger partial charge is 0.349 e. The second-order valence-electron chi connectivity index (χ2n) is 6.30. The van der Waals surface area contributed by atoms with Crippen molar-refractivity contribution < 1.29 is 4.79 Å². The fourth-order valence-corrected chi connectivity index (χ4v) is 2.92. The van der Waals surface area contributed by atoms with Gasteiger partial charge in [0.25, 0.3) is 5.56 Å². The number of carbonyl (C=O) groups excluding carboxylic acids is 1. The first-order valence-corrected chi connectivity index (χ1v) is 8.81. The van der Waals surface area contributed by atoms with Gasteiger partial charge in [-0.2, -0.15) is 10.2 Å². The SMILES string of the molecule is Cc1nn(CC(=O)NCc2ccccn2)c(=O)c2cc(-c3ccccc3)nn12. The van der Waals surface area contributed by atoms with E-state index in [0.717, 1.165) is 15.9 Å². The van der Waals surface area contributed by atoms with Gasteiger partial charge in [-0.25, -0.2) is 9.20 Å². The fraction of sp³-hybridized carbons (Fsp3) is 0.150. The third kappa shape index (κ3) is 3.52. The number of rotatable bonds is 5. The van der Waals surface area contributed by atoms with Crippen LogP contribution in [0, 0.1) is 6.92 Å². The molecule has 8 heteroatoms. The Morgan fingerprint density at radius 3 is 2.61 bits per heavy atom. The van der Waals surface area contributed by atoms with Crippen LogP contribution < -0.4 is 10.9 Å². The summed E-state index contributed by atoms with van der Waals surface area (Å²) in [6.45, 7) is 1.87. The van der Waals surface area contributed by atoms with Crippen LogP contribution in [-0.2, 0) is 17.9 Å². The van der Waals surface area contributed by atoms with E-state index >= 15 is 0 Å². The predicted molar refractivity (Wildman–Crippen MR) is 104 cm³/mol. The molecule has 1 N–H and O–H groups in total. The lowest BCUT2D eigenvalue weighted by Gasteiger charge is -2.08. The summed E-state index contributed by atoms with van der Waals surface area (Å²) < 4.78 is 2.67. The average molecular weight is 374 g/mol. The van der Waals surface area contributed by atoms with Crippen molar-refractivity contribution in [3.05, 3.63) is 82.7 Å². The summed E-state index contributed by atoms with van der Waals surface area (Å²) >= 11 is 0. The molecule has 4 rings (SSSR count). The maximum Gasteiger partial charge on any atom is 0.293 e. The van der Waals surface area contributed by atoms with Crippen LogP contribution in [-0.4, -0.2) is 30.3 Å². The molecule has 0 unspecified atom stereocenters. The minimum absolute atomic E-state index is 0.172. The lowest BCUT2D eigenvalue weighted by Crippen LogP contribution is -2.34. The van der Waals surface area contributed by atoms with Crippen LogP contribution in [0.25, 0.3) is 16.8 Å². The van der Waals surface area contributed by atoms with Crippen LogP contribution >= 0.6 is 0 Å². The summed E-state index contributed by atoms with van der Waals surface area (Å²) in [7, 11) is 0. The summed E-state index contributed by atoms with van der Waals surface area (Å²) in [6, 6.07) is 16.8. The summed E-state index contributed by atoms with van der Waals surface area (Å²) in [5, 5.41) is 11.5. The van der Waals surface area contributed by atoms with Crippen LogP contribution in [0.15, 0.2) is 65.6 Å². The molecule has 28 heavy (non-hydrogen) atoms. The standard InChI is InChI=1S/C20H18N6O2/c1-14-23-25(13-19(27)22-12-16-9-5-6-10-21-16)20(28)18-11-17(24-26(14)18)15-7-3-2-4-8-15/h2-11H,12-13H2,1H3,(H,22,27). The van der Waals surface area contributed by atoms with Crippen molar-refractivity contribution in [2.45, 2.75) is 20.0 Å². The van der Waals surface area contributed by atoms with Gasteiger partial charge in [0, 0.05) is 11.8 Å². The number of aromatic nitrogens is 5. The zero-order valence-corrected chi connectivity index (χ0v) is 15.2. The molecule has 3 aromatic heterocycles. The first-order chi connectivity index (χ1) is 13.6. The van der Waals surface area contributed by atoms with E-state index in [-0.39, 0.29) is 18.0 Å². The van der Waals surface area contributed by atoms with Crippen LogP contribution in [0.1, 0.15) is 11.5 Å². The molecule has 4 aromatic rings. The van der Waals surface area contributed by atoms with E-state index in [1.165, 1.54) is 4.52 Å². The van der Waals surface area contributed by atoms with Crippen molar-refractivity contribution in [3.8, 4) is 11.3 Å². The highest BCUT2D eigenvalue weighted by Crippen LogP contribution is 2.18. The number of hydrogen-bond donors (Lipinski definition) is 1. The van der Waals surface area contributed by atoms with Gasteiger partial charge in [-0.1, -0.05) is 36.4 Å². The Labute approximate surface area is 160 Å². The summed E-state index contributed by atoms with van der Waals surface area (Å²) in [4.78, 5) is 29.2. The molecular formula is C20H18N6O2. The highest BCUT2D eigenvalue weighted by atomic mass is 16.2. The molecule has 0 radical (unpaired) electrons. The summed E-state index contributed by atoms with van der Waals surface area (Å²) in [6.07, 6.45) is 1.66. The van der Waals surface area contributed by atoms with Gasteiger partial charge in [-0.15, -0.1) is 0 Å². The van der Waals surface area contributed by atoms with E-state index in [9.17, 15) is 9.59 Å². The maximum atomic E-state index is 12.8. The molecule has 0 fully saturated rings. The number of benzene rings is 1. The van der Waals surface area contributed by atoms with Gasteiger partial charge in [0.05, 0.1) is 17.9 Å². The zero-order valence-electron chi connectivity index (χ0n) is 15.2. The summed E-state index contributed by atoms with van der Waals surface area (Å²) in [5.41, 5.74) is 2.34. The minimum Gasteiger partial charge on any atom is -0.349 e. The molecule has 0 saturated heterocycles. The van der Waals surface area contributed by atoms with Crippen molar-refractivity contribution in [2.24, 2.45) is 0 Å². The quantitative estimate of drug-likeness (QED) is 0.572. The maximum absolute atomic E-state index is 12.8. The predicted octanol–water partition coefficient (Wildman–Crippen LogP) is 1.58. The molecule has 0 bridgehead atoms. The van der Waals surface area contributed by atoms with Crippen LogP contribution in [0.4, 0.5) is 0 Å². The monoisotopic (exact) mass is 374 g/mol. The Hall–Kier alpha value is -3.81. The topological polar surface area (TPSA) is 94.2 Å². The number of hydrogen-bond acceptors (Lipinski definition) is 5. The van der Waals surface area contributed by atoms with Crippen LogP contribution in [0.5, 0.6) is 0 Å². The smallest absolute Gasteiger partial charge is 0.293 e. The molecular weight excluding hydrogens is 356 g/mol. The normalized spacial score (nSPS) is 10.9. The highest BCUT2D eigenvalue weighted by molar-refractivity contribution is 5.75. The second kappa shape index (κ2) is 7.43. The lowest BCUT2D eigenvalue weighted by atomic mass is 10.1. The molecule has 0 saturated carbocycles. The molecule has 1 amide bonds.